The van der Waals surface area contributed by atoms with Gasteiger partial charge in [0.05, 0.1) is 28.6 Å². The quantitative estimate of drug-likeness (QED) is 0.594. The number of hydrogen-bond acceptors (Lipinski definition) is 3. The molecule has 1 amide bonds. The molecule has 1 aliphatic heterocycles. The number of carbonyl (C=O) groups is 1. The van der Waals surface area contributed by atoms with Gasteiger partial charge in [-0.25, -0.2) is 9.37 Å². The zero-order valence-electron chi connectivity index (χ0n) is 17.4. The van der Waals surface area contributed by atoms with Crippen molar-refractivity contribution in [2.75, 3.05) is 14.1 Å². The Kier molecular flexibility index (Phi) is 4.65. The fraction of sp³-hybridized carbons (Fsp3) is 0.375. The fourth-order valence-electron chi connectivity index (χ4n) is 4.79. The molecule has 2 heterocycles. The predicted octanol–water partition coefficient (Wildman–Crippen LogP) is 5.31. The Bertz CT molecular complexity index is 1170. The number of aromatic nitrogens is 2. The lowest BCUT2D eigenvalue weighted by molar-refractivity contribution is 0.0822. The van der Waals surface area contributed by atoms with E-state index in [2.05, 4.69) is 20.6 Å². The fourth-order valence-corrected chi connectivity index (χ4v) is 4.79. The van der Waals surface area contributed by atoms with E-state index in [1.807, 2.05) is 18.5 Å². The first-order valence-corrected chi connectivity index (χ1v) is 10.6. The van der Waals surface area contributed by atoms with Crippen molar-refractivity contribution < 1.29 is 9.18 Å². The highest BCUT2D eigenvalue weighted by molar-refractivity contribution is 6.02. The Morgan fingerprint density at radius 3 is 2.73 bits per heavy atom. The molecule has 3 aromatic rings. The Balaban J connectivity index is 1.59. The normalized spacial score (nSPS) is 16.2. The Labute approximate surface area is 175 Å². The van der Waals surface area contributed by atoms with Crippen molar-refractivity contribution in [3.05, 3.63) is 47.5 Å². The molecule has 6 heteroatoms. The summed E-state index contributed by atoms with van der Waals surface area (Å²) in [5, 5.41) is 0. The molecule has 0 unspecified atom stereocenters. The first-order valence-electron chi connectivity index (χ1n) is 10.6. The lowest BCUT2D eigenvalue weighted by Gasteiger charge is -2.23. The van der Waals surface area contributed by atoms with Crippen LogP contribution in [0.4, 0.5) is 10.1 Å². The molecule has 1 fully saturated rings. The second-order valence-corrected chi connectivity index (χ2v) is 8.47. The molecule has 0 atom stereocenters. The van der Waals surface area contributed by atoms with Crippen molar-refractivity contribution in [3.63, 3.8) is 0 Å². The van der Waals surface area contributed by atoms with Gasteiger partial charge in [0.25, 0.3) is 5.91 Å². The molecule has 154 valence electrons. The Hall–Kier alpha value is -3.02. The van der Waals surface area contributed by atoms with Crippen LogP contribution in [0.3, 0.4) is 0 Å². The number of aliphatic imine (C=N–C) groups is 1. The summed E-state index contributed by atoms with van der Waals surface area (Å²) in [5.41, 5.74) is 5.08. The number of fused-ring (bicyclic) bond motifs is 2. The first kappa shape index (κ1) is 19.0. The largest absolute Gasteiger partial charge is 0.345 e. The van der Waals surface area contributed by atoms with Crippen molar-refractivity contribution in [1.29, 1.82) is 0 Å². The van der Waals surface area contributed by atoms with Crippen molar-refractivity contribution >= 4 is 28.8 Å². The monoisotopic (exact) mass is 404 g/mol. The van der Waals surface area contributed by atoms with Gasteiger partial charge in [0, 0.05) is 38.3 Å². The third kappa shape index (κ3) is 3.02. The van der Waals surface area contributed by atoms with Crippen LogP contribution in [0.1, 0.15) is 54.1 Å². The summed E-state index contributed by atoms with van der Waals surface area (Å²) in [6.07, 6.45) is 10.4. The van der Waals surface area contributed by atoms with Crippen LogP contribution in [0.2, 0.25) is 0 Å². The van der Waals surface area contributed by atoms with Gasteiger partial charge in [-0.3, -0.25) is 9.79 Å². The number of rotatable bonds is 3. The summed E-state index contributed by atoms with van der Waals surface area (Å²) in [4.78, 5) is 23.0. The first-order chi connectivity index (χ1) is 14.5. The van der Waals surface area contributed by atoms with E-state index in [1.54, 1.807) is 20.3 Å². The summed E-state index contributed by atoms with van der Waals surface area (Å²) < 4.78 is 17.3. The molecule has 0 spiro atoms. The molecule has 2 aromatic carbocycles. The van der Waals surface area contributed by atoms with Crippen LogP contribution in [0, 0.1) is 5.82 Å². The molecule has 0 bridgehead atoms. The SMILES string of the molecule is CN(C)C(=O)c1c(F)cc(-c2ccc3c(c2)ncn3C2CCCCC2)c2c1CC=N2. The van der Waals surface area contributed by atoms with Gasteiger partial charge in [0.2, 0.25) is 0 Å². The molecule has 1 aliphatic carbocycles. The number of halogens is 1. The zero-order valence-corrected chi connectivity index (χ0v) is 17.4. The number of nitrogens with zero attached hydrogens (tertiary/aromatic N) is 4. The van der Waals surface area contributed by atoms with E-state index in [0.717, 1.165) is 16.6 Å². The molecule has 2 aliphatic rings. The van der Waals surface area contributed by atoms with Crippen molar-refractivity contribution in [2.45, 2.75) is 44.6 Å². The number of carbonyl (C=O) groups excluding carboxylic acids is 1. The number of hydrogen-bond donors (Lipinski definition) is 0. The molecule has 1 saturated carbocycles. The van der Waals surface area contributed by atoms with E-state index in [4.69, 9.17) is 0 Å². The lowest BCUT2D eigenvalue weighted by Crippen LogP contribution is -2.24. The van der Waals surface area contributed by atoms with E-state index in [0.29, 0.717) is 29.3 Å². The van der Waals surface area contributed by atoms with Gasteiger partial charge >= 0.3 is 0 Å². The maximum absolute atomic E-state index is 15.0. The maximum atomic E-state index is 15.0. The predicted molar refractivity (Wildman–Crippen MR) is 117 cm³/mol. The zero-order chi connectivity index (χ0) is 20.8. The minimum absolute atomic E-state index is 0.124. The van der Waals surface area contributed by atoms with Crippen molar-refractivity contribution in [2.24, 2.45) is 4.99 Å². The average Bonchev–Trinajstić information content (AvgIpc) is 3.40. The second-order valence-electron chi connectivity index (χ2n) is 8.47. The third-order valence-corrected chi connectivity index (χ3v) is 6.34. The van der Waals surface area contributed by atoms with E-state index < -0.39 is 5.82 Å². The average molecular weight is 404 g/mol. The van der Waals surface area contributed by atoms with Crippen LogP contribution in [0.5, 0.6) is 0 Å². The summed E-state index contributed by atoms with van der Waals surface area (Å²) in [6, 6.07) is 8.05. The maximum Gasteiger partial charge on any atom is 0.256 e. The lowest BCUT2D eigenvalue weighted by atomic mass is 9.94. The Morgan fingerprint density at radius 2 is 1.97 bits per heavy atom. The van der Waals surface area contributed by atoms with E-state index in [9.17, 15) is 4.79 Å². The van der Waals surface area contributed by atoms with Crippen LogP contribution >= 0.6 is 0 Å². The van der Waals surface area contributed by atoms with Gasteiger partial charge < -0.3 is 9.47 Å². The summed E-state index contributed by atoms with van der Waals surface area (Å²) >= 11 is 0. The summed E-state index contributed by atoms with van der Waals surface area (Å²) in [5.74, 6) is -0.830. The van der Waals surface area contributed by atoms with Crippen LogP contribution in [0.15, 0.2) is 35.6 Å². The van der Waals surface area contributed by atoms with Gasteiger partial charge in [-0.1, -0.05) is 25.3 Å². The van der Waals surface area contributed by atoms with E-state index in [-0.39, 0.29) is 11.5 Å². The van der Waals surface area contributed by atoms with E-state index >= 15 is 4.39 Å². The highest BCUT2D eigenvalue weighted by atomic mass is 19.1. The van der Waals surface area contributed by atoms with Gasteiger partial charge in [0.1, 0.15) is 5.82 Å². The second kappa shape index (κ2) is 7.35. The van der Waals surface area contributed by atoms with Crippen LogP contribution in [-0.2, 0) is 6.42 Å². The molecule has 5 nitrogen and oxygen atoms in total. The molecule has 0 radical (unpaired) electrons. The van der Waals surface area contributed by atoms with Crippen LogP contribution < -0.4 is 0 Å². The van der Waals surface area contributed by atoms with Gasteiger partial charge in [0.15, 0.2) is 0 Å². The minimum Gasteiger partial charge on any atom is -0.345 e. The third-order valence-electron chi connectivity index (χ3n) is 6.34. The number of imidazole rings is 1. The highest BCUT2D eigenvalue weighted by Crippen LogP contribution is 2.41. The minimum atomic E-state index is -0.499. The molecule has 0 N–H and O–H groups in total. The van der Waals surface area contributed by atoms with Gasteiger partial charge in [-0.2, -0.15) is 0 Å². The summed E-state index contributed by atoms with van der Waals surface area (Å²) in [7, 11) is 3.27. The Morgan fingerprint density at radius 1 is 1.17 bits per heavy atom. The van der Waals surface area contributed by atoms with Crippen LogP contribution in [-0.4, -0.2) is 40.7 Å². The van der Waals surface area contributed by atoms with Gasteiger partial charge in [-0.05, 0) is 42.2 Å². The van der Waals surface area contributed by atoms with Crippen LogP contribution in [0.25, 0.3) is 22.2 Å². The van der Waals surface area contributed by atoms with Gasteiger partial charge in [-0.15, -0.1) is 0 Å². The molecule has 1 aromatic heterocycles. The molecule has 5 rings (SSSR count). The summed E-state index contributed by atoms with van der Waals surface area (Å²) in [6.45, 7) is 0. The van der Waals surface area contributed by atoms with Crippen molar-refractivity contribution in [3.8, 4) is 11.1 Å². The van der Waals surface area contributed by atoms with E-state index in [1.165, 1.54) is 43.1 Å². The molecular weight excluding hydrogens is 379 g/mol. The number of benzene rings is 2. The highest BCUT2D eigenvalue weighted by Gasteiger charge is 2.26. The topological polar surface area (TPSA) is 50.5 Å². The molecule has 0 saturated heterocycles. The smallest absolute Gasteiger partial charge is 0.256 e. The number of amides is 1. The molecule has 30 heavy (non-hydrogen) atoms. The molecular formula is C24H25FN4O. The van der Waals surface area contributed by atoms with Crippen molar-refractivity contribution in [1.82, 2.24) is 14.5 Å². The standard InChI is InChI=1S/C24H25FN4O/c1-28(2)24(30)22-17-10-11-26-23(17)18(13-19(22)25)15-8-9-21-20(12-15)27-14-29(21)16-6-4-3-5-7-16/h8-9,11-14,16H,3-7,10H2,1-2H3.